The Morgan fingerprint density at radius 3 is 2.00 bits per heavy atom. The summed E-state index contributed by atoms with van der Waals surface area (Å²) in [7, 11) is 0. The molecular formula is C24H35NO8. The number of nitrogens with one attached hydrogen (secondary N) is 1. The van der Waals surface area contributed by atoms with Crippen LogP contribution in [0, 0.1) is 5.92 Å². The fraction of sp³-hybridized carbons (Fsp3) is 0.583. The van der Waals surface area contributed by atoms with E-state index in [4.69, 9.17) is 14.2 Å². The summed E-state index contributed by atoms with van der Waals surface area (Å²) < 4.78 is 16.1. The fourth-order valence-corrected chi connectivity index (χ4v) is 2.74. The van der Waals surface area contributed by atoms with Gasteiger partial charge in [0.05, 0.1) is 5.92 Å². The van der Waals surface area contributed by atoms with E-state index in [0.717, 1.165) is 0 Å². The lowest BCUT2D eigenvalue weighted by Crippen LogP contribution is -2.60. The Hall–Kier alpha value is -2.94. The molecule has 184 valence electrons. The minimum atomic E-state index is -2.04. The van der Waals surface area contributed by atoms with Crippen LogP contribution in [-0.4, -0.2) is 40.8 Å². The van der Waals surface area contributed by atoms with Crippen LogP contribution in [0.15, 0.2) is 18.2 Å². The van der Waals surface area contributed by atoms with Crippen molar-refractivity contribution in [1.82, 2.24) is 5.32 Å². The highest BCUT2D eigenvalue weighted by molar-refractivity contribution is 5.83. The number of carbonyl (C=O) groups excluding carboxylic acids is 3. The maximum Gasteiger partial charge on any atom is 0.364 e. The molecular weight excluding hydrogens is 430 g/mol. The van der Waals surface area contributed by atoms with E-state index >= 15 is 0 Å². The average Bonchev–Trinajstić information content (AvgIpc) is 2.79. The molecule has 0 amide bonds. The van der Waals surface area contributed by atoms with Gasteiger partial charge in [-0.2, -0.15) is 0 Å². The normalized spacial score (nSPS) is 14.5. The summed E-state index contributed by atoms with van der Waals surface area (Å²) in [6.07, 6.45) is 1.06. The molecule has 1 aromatic carbocycles. The molecule has 33 heavy (non-hydrogen) atoms. The van der Waals surface area contributed by atoms with Gasteiger partial charge < -0.3 is 19.3 Å². The first kappa shape index (κ1) is 28.1. The van der Waals surface area contributed by atoms with Gasteiger partial charge in [-0.25, -0.2) is 4.79 Å². The molecule has 0 aliphatic heterocycles. The van der Waals surface area contributed by atoms with Gasteiger partial charge in [0, 0.05) is 25.3 Å². The van der Waals surface area contributed by atoms with Crippen LogP contribution < -0.4 is 14.8 Å². The van der Waals surface area contributed by atoms with E-state index in [0.29, 0.717) is 18.4 Å². The van der Waals surface area contributed by atoms with Crippen molar-refractivity contribution in [1.29, 1.82) is 0 Å². The van der Waals surface area contributed by atoms with Crippen LogP contribution in [0.2, 0.25) is 0 Å². The number of esters is 3. The van der Waals surface area contributed by atoms with Crippen LogP contribution in [0.5, 0.6) is 11.5 Å². The molecule has 0 aliphatic carbocycles. The number of carboxylic acid groups (broad SMARTS) is 1. The van der Waals surface area contributed by atoms with E-state index in [1.165, 1.54) is 18.2 Å². The highest BCUT2D eigenvalue weighted by Crippen LogP contribution is 2.31. The average molecular weight is 466 g/mol. The van der Waals surface area contributed by atoms with Crippen LogP contribution in [0.25, 0.3) is 0 Å². The van der Waals surface area contributed by atoms with Crippen LogP contribution in [0.3, 0.4) is 0 Å². The Balaban J connectivity index is 3.45. The minimum Gasteiger partial charge on any atom is -0.477 e. The van der Waals surface area contributed by atoms with E-state index in [1.807, 2.05) is 6.92 Å². The maximum absolute atomic E-state index is 12.6. The summed E-state index contributed by atoms with van der Waals surface area (Å²) in [5.41, 5.74) is -1.64. The zero-order valence-electron chi connectivity index (χ0n) is 20.2. The van der Waals surface area contributed by atoms with Crippen molar-refractivity contribution in [3.8, 4) is 11.5 Å². The molecule has 1 aromatic rings. The molecule has 0 radical (unpaired) electrons. The third-order valence-corrected chi connectivity index (χ3v) is 5.21. The Kier molecular flexibility index (Phi) is 11.0. The van der Waals surface area contributed by atoms with Crippen LogP contribution in [0.4, 0.5) is 0 Å². The molecule has 1 rings (SSSR count). The van der Waals surface area contributed by atoms with Crippen molar-refractivity contribution < 1.29 is 38.5 Å². The van der Waals surface area contributed by atoms with E-state index in [1.54, 1.807) is 34.6 Å². The number of aliphatic carboxylic acids is 1. The summed E-state index contributed by atoms with van der Waals surface area (Å²) in [5.74, 6) is -3.52. The first-order chi connectivity index (χ1) is 15.5. The fourth-order valence-electron chi connectivity index (χ4n) is 2.74. The minimum absolute atomic E-state index is 0.0165. The number of hydrogen-bond donors (Lipinski definition) is 2. The van der Waals surface area contributed by atoms with Crippen molar-refractivity contribution in [2.24, 2.45) is 5.92 Å². The maximum atomic E-state index is 12.6. The van der Waals surface area contributed by atoms with Crippen molar-refractivity contribution in [2.75, 3.05) is 0 Å². The number of rotatable bonds is 13. The number of ether oxygens (including phenoxy) is 3. The van der Waals surface area contributed by atoms with Gasteiger partial charge in [0.25, 0.3) is 5.72 Å². The molecule has 0 saturated carbocycles. The first-order valence-electron chi connectivity index (χ1n) is 11.3. The zero-order valence-corrected chi connectivity index (χ0v) is 20.2. The number of carbonyl (C=O) groups is 4. The van der Waals surface area contributed by atoms with E-state index in [2.05, 4.69) is 5.32 Å². The molecule has 0 bridgehead atoms. The highest BCUT2D eigenvalue weighted by atomic mass is 16.6. The lowest BCUT2D eigenvalue weighted by molar-refractivity contribution is -0.187. The predicted molar refractivity (Wildman–Crippen MR) is 121 cm³/mol. The quantitative estimate of drug-likeness (QED) is 0.255. The van der Waals surface area contributed by atoms with E-state index < -0.39 is 35.5 Å². The Labute approximate surface area is 194 Å². The summed E-state index contributed by atoms with van der Waals surface area (Å²) in [5, 5.41) is 13.0. The van der Waals surface area contributed by atoms with Gasteiger partial charge in [0.1, 0.15) is 0 Å². The first-order valence-corrected chi connectivity index (χ1v) is 11.3. The Bertz CT molecular complexity index is 853. The summed E-state index contributed by atoms with van der Waals surface area (Å²) >= 11 is 0. The van der Waals surface area contributed by atoms with Crippen LogP contribution in [-0.2, 0) is 30.3 Å². The summed E-state index contributed by atoms with van der Waals surface area (Å²) in [6.45, 7) is 10.4. The molecule has 0 saturated heterocycles. The number of hydrogen-bond acceptors (Lipinski definition) is 8. The third kappa shape index (κ3) is 8.16. The number of benzene rings is 1. The third-order valence-electron chi connectivity index (χ3n) is 5.21. The molecule has 9 heteroatoms. The topological polar surface area (TPSA) is 128 Å². The van der Waals surface area contributed by atoms with Gasteiger partial charge in [0.2, 0.25) is 0 Å². The molecule has 0 fully saturated rings. The largest absolute Gasteiger partial charge is 0.477 e. The lowest BCUT2D eigenvalue weighted by Gasteiger charge is -2.34. The van der Waals surface area contributed by atoms with Crippen molar-refractivity contribution in [2.45, 2.75) is 85.4 Å². The van der Waals surface area contributed by atoms with Gasteiger partial charge in [-0.05, 0) is 37.5 Å². The van der Waals surface area contributed by atoms with Gasteiger partial charge in [-0.15, -0.1) is 0 Å². The molecule has 2 N–H and O–H groups in total. The monoisotopic (exact) mass is 465 g/mol. The second kappa shape index (κ2) is 12.9. The molecule has 0 aliphatic rings. The van der Waals surface area contributed by atoms with Crippen molar-refractivity contribution in [3.05, 3.63) is 23.8 Å². The van der Waals surface area contributed by atoms with Gasteiger partial charge in [0.15, 0.2) is 11.5 Å². The highest BCUT2D eigenvalue weighted by Gasteiger charge is 2.44. The molecule has 2 unspecified atom stereocenters. The molecule has 3 atom stereocenters. The molecule has 9 nitrogen and oxygen atoms in total. The van der Waals surface area contributed by atoms with Crippen molar-refractivity contribution >= 4 is 23.9 Å². The van der Waals surface area contributed by atoms with Crippen LogP contribution >= 0.6 is 0 Å². The van der Waals surface area contributed by atoms with Gasteiger partial charge in [-0.3, -0.25) is 19.7 Å². The zero-order chi connectivity index (χ0) is 25.2. The predicted octanol–water partition coefficient (Wildman–Crippen LogP) is 3.62. The standard InChI is InChI=1S/C24H35NO8/c1-7-15(5)22(28)33-24(23(29)30,25-16(6)8-2)14-17-11-12-18(31-20(26)9-3)19(13-17)32-21(27)10-4/h11-13,15-16,25H,7-10,14H2,1-6H3,(H,29,30)/t15?,16?,24-/m0/s1. The van der Waals surface area contributed by atoms with Crippen LogP contribution in [0.1, 0.15) is 72.8 Å². The second-order valence-electron chi connectivity index (χ2n) is 7.93. The lowest BCUT2D eigenvalue weighted by atomic mass is 9.99. The molecule has 0 aromatic heterocycles. The van der Waals surface area contributed by atoms with Crippen molar-refractivity contribution in [3.63, 3.8) is 0 Å². The summed E-state index contributed by atoms with van der Waals surface area (Å²) in [6, 6.07) is 4.11. The van der Waals surface area contributed by atoms with E-state index in [-0.39, 0.29) is 36.8 Å². The summed E-state index contributed by atoms with van der Waals surface area (Å²) in [4.78, 5) is 48.6. The molecule has 0 heterocycles. The van der Waals surface area contributed by atoms with Gasteiger partial charge >= 0.3 is 23.9 Å². The number of carboxylic acids is 1. The Morgan fingerprint density at radius 1 is 0.939 bits per heavy atom. The second-order valence-corrected chi connectivity index (χ2v) is 7.93. The van der Waals surface area contributed by atoms with Gasteiger partial charge in [-0.1, -0.05) is 40.7 Å². The Morgan fingerprint density at radius 2 is 1.52 bits per heavy atom. The smallest absolute Gasteiger partial charge is 0.364 e. The van der Waals surface area contributed by atoms with E-state index in [9.17, 15) is 24.3 Å². The SMILES string of the molecule is CCC(=O)Oc1ccc(C[C@](NC(C)CC)(OC(=O)C(C)CC)C(=O)O)cc1OC(=O)CC. The molecule has 0 spiro atoms.